The molecule has 0 heterocycles. The molecule has 20 heavy (non-hydrogen) atoms. The van der Waals surface area contributed by atoms with Crippen molar-refractivity contribution in [3.63, 3.8) is 0 Å². The van der Waals surface area contributed by atoms with Crippen molar-refractivity contribution in [1.29, 1.82) is 0 Å². The first kappa shape index (κ1) is 14.7. The molecule has 2 aromatic carbocycles. The van der Waals surface area contributed by atoms with E-state index in [2.05, 4.69) is 5.32 Å². The van der Waals surface area contributed by atoms with Crippen LogP contribution in [0.1, 0.15) is 12.5 Å². The zero-order valence-corrected chi connectivity index (χ0v) is 12.3. The first-order chi connectivity index (χ1) is 9.57. The Morgan fingerprint density at radius 1 is 1.20 bits per heavy atom. The highest BCUT2D eigenvalue weighted by Crippen LogP contribution is 2.28. The van der Waals surface area contributed by atoms with Crippen molar-refractivity contribution in [3.8, 4) is 5.75 Å². The first-order valence-corrected chi connectivity index (χ1v) is 6.74. The Kier molecular flexibility index (Phi) is 4.53. The molecule has 0 aliphatic rings. The molecule has 106 valence electrons. The van der Waals surface area contributed by atoms with Crippen LogP contribution in [0.5, 0.6) is 5.75 Å². The summed E-state index contributed by atoms with van der Waals surface area (Å²) in [6.45, 7) is 1.89. The Morgan fingerprint density at radius 3 is 2.45 bits per heavy atom. The lowest BCUT2D eigenvalue weighted by Gasteiger charge is -2.30. The molecule has 0 aliphatic heterocycles. The molecule has 0 bridgehead atoms. The normalized spacial score (nSPS) is 13.6. The predicted molar refractivity (Wildman–Crippen MR) is 82.5 cm³/mol. The van der Waals surface area contributed by atoms with Gasteiger partial charge in [-0.1, -0.05) is 23.7 Å². The summed E-state index contributed by atoms with van der Waals surface area (Å²) in [6, 6.07) is 15.1. The van der Waals surface area contributed by atoms with Crippen LogP contribution in [-0.2, 0) is 5.54 Å². The van der Waals surface area contributed by atoms with Gasteiger partial charge in [-0.3, -0.25) is 0 Å². The lowest BCUT2D eigenvalue weighted by atomic mass is 9.92. The summed E-state index contributed by atoms with van der Waals surface area (Å²) in [5.74, 6) is 0.795. The number of hydrogen-bond donors (Lipinski definition) is 2. The molecule has 0 amide bonds. The average molecular weight is 292 g/mol. The predicted octanol–water partition coefficient (Wildman–Crippen LogP) is 3.67. The Morgan fingerprint density at radius 2 is 1.90 bits per heavy atom. The number of aliphatic hydroxyl groups excluding tert-OH is 1. The zero-order chi connectivity index (χ0) is 14.6. The Bertz CT molecular complexity index is 571. The second-order valence-electron chi connectivity index (χ2n) is 4.85. The van der Waals surface area contributed by atoms with Crippen molar-refractivity contribution in [2.45, 2.75) is 12.5 Å². The zero-order valence-electron chi connectivity index (χ0n) is 11.6. The van der Waals surface area contributed by atoms with Gasteiger partial charge in [0.15, 0.2) is 0 Å². The minimum atomic E-state index is -0.598. The van der Waals surface area contributed by atoms with E-state index in [0.29, 0.717) is 5.02 Å². The summed E-state index contributed by atoms with van der Waals surface area (Å²) < 4.78 is 5.13. The van der Waals surface area contributed by atoms with Crippen LogP contribution in [0.15, 0.2) is 48.5 Å². The van der Waals surface area contributed by atoms with Gasteiger partial charge >= 0.3 is 0 Å². The van der Waals surface area contributed by atoms with E-state index in [4.69, 9.17) is 16.3 Å². The van der Waals surface area contributed by atoms with Gasteiger partial charge in [0, 0.05) is 10.7 Å². The van der Waals surface area contributed by atoms with Crippen LogP contribution in [0.25, 0.3) is 0 Å². The number of benzene rings is 2. The molecule has 0 aliphatic carbocycles. The summed E-state index contributed by atoms with van der Waals surface area (Å²) in [7, 11) is 1.63. The van der Waals surface area contributed by atoms with Crippen LogP contribution in [0.2, 0.25) is 5.02 Å². The number of ether oxygens (including phenoxy) is 1. The molecule has 2 rings (SSSR count). The van der Waals surface area contributed by atoms with Gasteiger partial charge in [-0.25, -0.2) is 0 Å². The van der Waals surface area contributed by atoms with Gasteiger partial charge in [0.05, 0.1) is 19.3 Å². The second kappa shape index (κ2) is 6.16. The van der Waals surface area contributed by atoms with Crippen LogP contribution in [0.4, 0.5) is 5.69 Å². The maximum absolute atomic E-state index is 9.76. The van der Waals surface area contributed by atoms with Crippen molar-refractivity contribution in [3.05, 3.63) is 59.1 Å². The molecule has 1 atom stereocenters. The first-order valence-electron chi connectivity index (χ1n) is 6.36. The average Bonchev–Trinajstić information content (AvgIpc) is 2.48. The molecule has 0 fully saturated rings. The highest BCUT2D eigenvalue weighted by Gasteiger charge is 2.25. The molecule has 0 saturated carbocycles. The van der Waals surface area contributed by atoms with Crippen molar-refractivity contribution >= 4 is 17.3 Å². The summed E-state index contributed by atoms with van der Waals surface area (Å²) in [4.78, 5) is 0. The van der Waals surface area contributed by atoms with Gasteiger partial charge in [0.1, 0.15) is 5.75 Å². The molecule has 0 spiro atoms. The highest BCUT2D eigenvalue weighted by atomic mass is 35.5. The number of rotatable bonds is 5. The summed E-state index contributed by atoms with van der Waals surface area (Å²) in [6.07, 6.45) is 0. The fraction of sp³-hybridized carbons (Fsp3) is 0.250. The van der Waals surface area contributed by atoms with Gasteiger partial charge in [-0.2, -0.15) is 0 Å². The third-order valence-electron chi connectivity index (χ3n) is 3.29. The van der Waals surface area contributed by atoms with Gasteiger partial charge in [0.2, 0.25) is 0 Å². The monoisotopic (exact) mass is 291 g/mol. The summed E-state index contributed by atoms with van der Waals surface area (Å²) >= 11 is 6.02. The van der Waals surface area contributed by atoms with Crippen LogP contribution < -0.4 is 10.1 Å². The smallest absolute Gasteiger partial charge is 0.119 e. The molecule has 0 aromatic heterocycles. The Hall–Kier alpha value is -1.71. The van der Waals surface area contributed by atoms with E-state index in [9.17, 15) is 5.11 Å². The van der Waals surface area contributed by atoms with Crippen molar-refractivity contribution in [2.24, 2.45) is 0 Å². The van der Waals surface area contributed by atoms with Crippen molar-refractivity contribution in [1.82, 2.24) is 0 Å². The molecular weight excluding hydrogens is 274 g/mol. The van der Waals surface area contributed by atoms with E-state index in [0.717, 1.165) is 17.0 Å². The fourth-order valence-electron chi connectivity index (χ4n) is 2.03. The third kappa shape index (κ3) is 3.24. The molecule has 2 N–H and O–H groups in total. The minimum Gasteiger partial charge on any atom is -0.497 e. The Balaban J connectivity index is 2.26. The largest absolute Gasteiger partial charge is 0.497 e. The van der Waals surface area contributed by atoms with E-state index in [-0.39, 0.29) is 6.61 Å². The van der Waals surface area contributed by atoms with Crippen LogP contribution in [-0.4, -0.2) is 18.8 Å². The second-order valence-corrected chi connectivity index (χ2v) is 5.29. The fourth-order valence-corrected chi connectivity index (χ4v) is 2.22. The van der Waals surface area contributed by atoms with E-state index >= 15 is 0 Å². The van der Waals surface area contributed by atoms with E-state index < -0.39 is 5.54 Å². The van der Waals surface area contributed by atoms with Gasteiger partial charge in [-0.15, -0.1) is 0 Å². The van der Waals surface area contributed by atoms with E-state index in [1.54, 1.807) is 7.11 Å². The highest BCUT2D eigenvalue weighted by molar-refractivity contribution is 6.30. The lowest BCUT2D eigenvalue weighted by Crippen LogP contribution is -2.35. The van der Waals surface area contributed by atoms with Gasteiger partial charge in [0.25, 0.3) is 0 Å². The number of anilines is 1. The van der Waals surface area contributed by atoms with Crippen molar-refractivity contribution < 1.29 is 9.84 Å². The number of methoxy groups -OCH3 is 1. The number of nitrogens with one attached hydrogen (secondary N) is 1. The van der Waals surface area contributed by atoms with Crippen LogP contribution >= 0.6 is 11.6 Å². The summed E-state index contributed by atoms with van der Waals surface area (Å²) in [5, 5.41) is 13.7. The maximum atomic E-state index is 9.76. The quantitative estimate of drug-likeness (QED) is 0.883. The van der Waals surface area contributed by atoms with Crippen LogP contribution in [0, 0.1) is 0 Å². The SMILES string of the molecule is COc1ccc(NC(C)(CO)c2cccc(Cl)c2)cc1. The molecule has 2 aromatic rings. The minimum absolute atomic E-state index is 0.0423. The topological polar surface area (TPSA) is 41.5 Å². The van der Waals surface area contributed by atoms with E-state index in [1.807, 2.05) is 55.5 Å². The Labute approximate surface area is 124 Å². The van der Waals surface area contributed by atoms with Gasteiger partial charge < -0.3 is 15.2 Å². The summed E-state index contributed by atoms with van der Waals surface area (Å²) in [5.41, 5.74) is 1.24. The number of hydrogen-bond acceptors (Lipinski definition) is 3. The third-order valence-corrected chi connectivity index (χ3v) is 3.52. The van der Waals surface area contributed by atoms with Crippen LogP contribution in [0.3, 0.4) is 0 Å². The lowest BCUT2D eigenvalue weighted by molar-refractivity contribution is 0.224. The molecule has 4 heteroatoms. The standard InChI is InChI=1S/C16H18ClNO2/c1-16(11-19,12-4-3-5-13(17)10-12)18-14-6-8-15(20-2)9-7-14/h3-10,18-19H,11H2,1-2H3. The molecule has 3 nitrogen and oxygen atoms in total. The van der Waals surface area contributed by atoms with E-state index in [1.165, 1.54) is 0 Å². The maximum Gasteiger partial charge on any atom is 0.119 e. The molecule has 0 saturated heterocycles. The molecule has 0 radical (unpaired) electrons. The number of halogens is 1. The number of aliphatic hydroxyl groups is 1. The van der Waals surface area contributed by atoms with Crippen molar-refractivity contribution in [2.75, 3.05) is 19.0 Å². The molecule has 1 unspecified atom stereocenters. The van der Waals surface area contributed by atoms with Gasteiger partial charge in [-0.05, 0) is 48.9 Å². The molecular formula is C16H18ClNO2.